The molecule has 1 saturated heterocycles. The maximum atomic E-state index is 14.0. The van der Waals surface area contributed by atoms with E-state index >= 15 is 0 Å². The fourth-order valence-electron chi connectivity index (χ4n) is 6.58. The first kappa shape index (κ1) is 50.5. The van der Waals surface area contributed by atoms with Gasteiger partial charge in [-0.2, -0.15) is 4.98 Å². The molecule has 4 N–H and O–H groups in total. The Kier molecular flexibility index (Phi) is 26.1. The van der Waals surface area contributed by atoms with Gasteiger partial charge in [0.05, 0.1) is 19.4 Å². The van der Waals surface area contributed by atoms with E-state index in [1.165, 1.54) is 89.9 Å². The summed E-state index contributed by atoms with van der Waals surface area (Å²) in [7, 11) is -4.85. The molecule has 0 spiro atoms. The molecule has 1 unspecified atom stereocenters. The monoisotopic (exact) mass is 831 g/mol. The number of ether oxygens (including phenoxy) is 3. The summed E-state index contributed by atoms with van der Waals surface area (Å²) < 4.78 is 54.3. The summed E-state index contributed by atoms with van der Waals surface area (Å²) >= 11 is 0. The number of phosphoric acid groups is 1. The lowest BCUT2D eigenvalue weighted by Crippen LogP contribution is -2.30. The zero-order chi connectivity index (χ0) is 41.9. The highest BCUT2D eigenvalue weighted by atomic mass is 31.2. The van der Waals surface area contributed by atoms with Gasteiger partial charge in [0.1, 0.15) is 18.8 Å². The van der Waals surface area contributed by atoms with E-state index in [1.54, 1.807) is 0 Å². The van der Waals surface area contributed by atoms with E-state index in [4.69, 9.17) is 29.0 Å². The van der Waals surface area contributed by atoms with Crippen molar-refractivity contribution in [3.63, 3.8) is 0 Å². The van der Waals surface area contributed by atoms with Crippen molar-refractivity contribution in [1.82, 2.24) is 9.55 Å². The molecule has 328 valence electrons. The predicted octanol–water partition coefficient (Wildman–Crippen LogP) is 8.77. The number of halogens is 1. The lowest BCUT2D eigenvalue weighted by molar-refractivity contribution is -0.161. The normalized spacial score (nSPS) is 18.4. The van der Waals surface area contributed by atoms with Crippen LogP contribution in [0.4, 0.5) is 10.2 Å². The van der Waals surface area contributed by atoms with Crippen LogP contribution in [0, 0.1) is 5.82 Å². The Bertz CT molecular complexity index is 1410. The van der Waals surface area contributed by atoms with Crippen LogP contribution >= 0.6 is 7.82 Å². The van der Waals surface area contributed by atoms with Crippen LogP contribution in [0.15, 0.2) is 23.1 Å². The van der Waals surface area contributed by atoms with E-state index in [0.717, 1.165) is 49.3 Å². The number of rotatable bonds is 34. The smallest absolute Gasteiger partial charge is 0.462 e. The van der Waals surface area contributed by atoms with Crippen LogP contribution in [-0.2, 0) is 37.4 Å². The SMILES string of the molecule is C=C1[C@H](n2cc(F)c(N)nc2=O)O[C@H](COP(=O)(O)OC[C@@H](COC(=O)CCCCCCCCCCCCC)OC(=O)CCCCCCCCCCCCC)[C@H]1O. The van der Waals surface area contributed by atoms with Gasteiger partial charge < -0.3 is 29.9 Å². The average Bonchev–Trinajstić information content (AvgIpc) is 3.46. The Morgan fingerprint density at radius 1 is 0.842 bits per heavy atom. The van der Waals surface area contributed by atoms with Crippen LogP contribution in [0.2, 0.25) is 0 Å². The molecule has 1 aliphatic heterocycles. The standard InChI is InChI=1S/C41H71FN3O11P/c1-4-6-8-10-12-14-16-18-20-22-24-26-36(46)52-29-33(55-37(47)27-25-23-21-19-17-15-13-11-9-7-5-2)30-53-57(50,51)54-31-35-38(48)32(3)40(56-35)45-28-34(42)39(43)44-41(45)49/h28,33,35,38,40,48H,3-27,29-31H2,1-2H3,(H,50,51)(H2,43,44,49)/t33-,35-,38+,40-/m1/s1. The molecule has 16 heteroatoms. The summed E-state index contributed by atoms with van der Waals surface area (Å²) in [6.45, 7) is 6.40. The zero-order valence-electron chi connectivity index (χ0n) is 34.6. The summed E-state index contributed by atoms with van der Waals surface area (Å²) in [6.07, 6.45) is 20.7. The highest BCUT2D eigenvalue weighted by molar-refractivity contribution is 7.47. The number of aliphatic hydroxyl groups excluding tert-OH is 1. The first-order valence-electron chi connectivity index (χ1n) is 21.4. The number of unbranched alkanes of at least 4 members (excludes halogenated alkanes) is 20. The molecule has 1 fully saturated rings. The van der Waals surface area contributed by atoms with Crippen LogP contribution in [0.3, 0.4) is 0 Å². The second-order valence-electron chi connectivity index (χ2n) is 15.1. The Labute approximate surface area is 339 Å². The van der Waals surface area contributed by atoms with Crippen molar-refractivity contribution >= 4 is 25.6 Å². The molecule has 1 aromatic rings. The zero-order valence-corrected chi connectivity index (χ0v) is 35.4. The number of nitrogens with zero attached hydrogens (tertiary/aromatic N) is 2. The number of esters is 2. The van der Waals surface area contributed by atoms with Gasteiger partial charge in [0.25, 0.3) is 0 Å². The number of hydrogen-bond donors (Lipinski definition) is 3. The number of nitrogen functional groups attached to an aromatic ring is 1. The molecule has 1 aromatic heterocycles. The Morgan fingerprint density at radius 2 is 1.32 bits per heavy atom. The third-order valence-electron chi connectivity index (χ3n) is 10.1. The first-order valence-corrected chi connectivity index (χ1v) is 22.9. The number of aromatic nitrogens is 2. The van der Waals surface area contributed by atoms with Gasteiger partial charge in [0.2, 0.25) is 0 Å². The van der Waals surface area contributed by atoms with Crippen molar-refractivity contribution in [2.24, 2.45) is 0 Å². The van der Waals surface area contributed by atoms with E-state index < -0.39 is 74.8 Å². The van der Waals surface area contributed by atoms with Crippen LogP contribution in [0.25, 0.3) is 0 Å². The molecular formula is C41H71FN3O11P. The number of carbonyl (C=O) groups is 2. The summed E-state index contributed by atoms with van der Waals surface area (Å²) in [5.74, 6) is -2.64. The van der Waals surface area contributed by atoms with E-state index in [0.29, 0.717) is 12.8 Å². The van der Waals surface area contributed by atoms with Gasteiger partial charge in [-0.1, -0.05) is 149 Å². The van der Waals surface area contributed by atoms with Gasteiger partial charge in [0.15, 0.2) is 24.0 Å². The molecule has 0 aliphatic carbocycles. The van der Waals surface area contributed by atoms with Gasteiger partial charge in [0, 0.05) is 18.4 Å². The topological polar surface area (TPSA) is 199 Å². The summed E-state index contributed by atoms with van der Waals surface area (Å²) in [5, 5.41) is 10.6. The number of anilines is 1. The Morgan fingerprint density at radius 3 is 1.82 bits per heavy atom. The van der Waals surface area contributed by atoms with E-state index in [-0.39, 0.29) is 25.0 Å². The predicted molar refractivity (Wildman–Crippen MR) is 217 cm³/mol. The van der Waals surface area contributed by atoms with E-state index in [9.17, 15) is 33.3 Å². The molecule has 2 heterocycles. The van der Waals surface area contributed by atoms with Crippen LogP contribution < -0.4 is 11.4 Å². The fourth-order valence-corrected chi connectivity index (χ4v) is 7.35. The molecule has 1 aliphatic rings. The van der Waals surface area contributed by atoms with Gasteiger partial charge in [-0.25, -0.2) is 13.8 Å². The second-order valence-corrected chi connectivity index (χ2v) is 16.6. The molecule has 0 radical (unpaired) electrons. The molecule has 0 amide bonds. The molecule has 2 rings (SSSR count). The van der Waals surface area contributed by atoms with E-state index in [1.807, 2.05) is 0 Å². The third-order valence-corrected chi connectivity index (χ3v) is 11.0. The number of phosphoric ester groups is 1. The Balaban J connectivity index is 1.83. The maximum Gasteiger partial charge on any atom is 0.472 e. The fraction of sp³-hybridized carbons (Fsp3) is 0.805. The highest BCUT2D eigenvalue weighted by Gasteiger charge is 2.41. The first-order chi connectivity index (χ1) is 27.4. The molecule has 57 heavy (non-hydrogen) atoms. The molecule has 0 bridgehead atoms. The lowest BCUT2D eigenvalue weighted by atomic mass is 10.1. The quantitative estimate of drug-likeness (QED) is 0.0258. The minimum absolute atomic E-state index is 0.0508. The molecule has 14 nitrogen and oxygen atoms in total. The number of hydrogen-bond acceptors (Lipinski definition) is 12. The lowest BCUT2D eigenvalue weighted by Gasteiger charge is -2.21. The summed E-state index contributed by atoms with van der Waals surface area (Å²) in [4.78, 5) is 51.4. The molecular weight excluding hydrogens is 760 g/mol. The van der Waals surface area contributed by atoms with Gasteiger partial charge in [-0.3, -0.25) is 23.2 Å². The van der Waals surface area contributed by atoms with Crippen molar-refractivity contribution in [2.45, 2.75) is 192 Å². The largest absolute Gasteiger partial charge is 0.472 e. The second kappa shape index (κ2) is 29.5. The summed E-state index contributed by atoms with van der Waals surface area (Å²) in [5.41, 5.74) is 4.32. The molecule has 0 aromatic carbocycles. The van der Waals surface area contributed by atoms with E-state index in [2.05, 4.69) is 25.4 Å². The van der Waals surface area contributed by atoms with Crippen LogP contribution in [0.5, 0.6) is 0 Å². The highest BCUT2D eigenvalue weighted by Crippen LogP contribution is 2.45. The van der Waals surface area contributed by atoms with Crippen molar-refractivity contribution in [3.8, 4) is 0 Å². The van der Waals surface area contributed by atoms with Crippen molar-refractivity contribution < 1.29 is 51.8 Å². The van der Waals surface area contributed by atoms with Crippen LogP contribution in [0.1, 0.15) is 174 Å². The minimum atomic E-state index is -4.85. The average molecular weight is 832 g/mol. The van der Waals surface area contributed by atoms with Gasteiger partial charge in [-0.05, 0) is 12.8 Å². The Hall–Kier alpha value is -2.68. The number of aliphatic hydroxyl groups is 1. The number of nitrogens with two attached hydrogens (primary N) is 1. The molecule has 0 saturated carbocycles. The van der Waals surface area contributed by atoms with Crippen molar-refractivity contribution in [3.05, 3.63) is 34.7 Å². The third kappa shape index (κ3) is 21.8. The van der Waals surface area contributed by atoms with Crippen LogP contribution in [-0.4, -0.2) is 69.6 Å². The molecule has 5 atom stereocenters. The summed E-state index contributed by atoms with van der Waals surface area (Å²) in [6, 6.07) is 0. The van der Waals surface area contributed by atoms with Crippen molar-refractivity contribution in [2.75, 3.05) is 25.6 Å². The number of carbonyl (C=O) groups excluding carboxylic acids is 2. The van der Waals surface area contributed by atoms with Crippen molar-refractivity contribution in [1.29, 1.82) is 0 Å². The van der Waals surface area contributed by atoms with Gasteiger partial charge in [-0.15, -0.1) is 0 Å². The maximum absolute atomic E-state index is 14.0. The van der Waals surface area contributed by atoms with Gasteiger partial charge >= 0.3 is 25.5 Å². The minimum Gasteiger partial charge on any atom is -0.462 e.